The number of para-hydroxylation sites is 1. The minimum Gasteiger partial charge on any atom is -0.382 e. The second-order valence-electron chi connectivity index (χ2n) is 7.92. The molecule has 31 heavy (non-hydrogen) atoms. The van der Waals surface area contributed by atoms with Gasteiger partial charge >= 0.3 is 0 Å². The second kappa shape index (κ2) is 8.98. The molecule has 1 aliphatic heterocycles. The van der Waals surface area contributed by atoms with Gasteiger partial charge in [-0.2, -0.15) is 0 Å². The van der Waals surface area contributed by atoms with Crippen molar-refractivity contribution in [3.05, 3.63) is 52.5 Å². The highest BCUT2D eigenvalue weighted by Crippen LogP contribution is 2.41. The number of nitrogens with zero attached hydrogens (tertiary/aromatic N) is 1. The van der Waals surface area contributed by atoms with E-state index >= 15 is 0 Å². The summed E-state index contributed by atoms with van der Waals surface area (Å²) >= 11 is 7.39. The first kappa shape index (κ1) is 22.4. The van der Waals surface area contributed by atoms with Crippen LogP contribution in [-0.4, -0.2) is 39.5 Å². The Bertz CT molecular complexity index is 1200. The normalized spacial score (nSPS) is 16.0. The summed E-state index contributed by atoms with van der Waals surface area (Å²) in [5, 5.41) is 4.93. The van der Waals surface area contributed by atoms with Gasteiger partial charge in [-0.3, -0.25) is 4.72 Å². The molecule has 0 aliphatic carbocycles. The lowest BCUT2D eigenvalue weighted by atomic mass is 9.97. The first-order chi connectivity index (χ1) is 14.8. The standard InChI is InChI=1S/C23H28ClN3O2S2/c1-4-27(5-2)12-11-16-14-25-22-18(16)7-6-8-20(22)26-31(28,29)23-15(3)19-13-17(24)9-10-21(19)30-23/h6-10,13,16,25-26H,4-5,11-12,14H2,1-3H3. The number of benzene rings is 2. The van der Waals surface area contributed by atoms with Crippen LogP contribution in [0, 0.1) is 6.92 Å². The quantitative estimate of drug-likeness (QED) is 0.423. The summed E-state index contributed by atoms with van der Waals surface area (Å²) in [5.41, 5.74) is 3.43. The van der Waals surface area contributed by atoms with Gasteiger partial charge in [-0.15, -0.1) is 11.3 Å². The summed E-state index contributed by atoms with van der Waals surface area (Å²) in [7, 11) is -3.71. The van der Waals surface area contributed by atoms with Gasteiger partial charge in [0.15, 0.2) is 0 Å². The van der Waals surface area contributed by atoms with Crippen LogP contribution in [0.1, 0.15) is 37.3 Å². The molecule has 0 saturated heterocycles. The van der Waals surface area contributed by atoms with Crippen molar-refractivity contribution in [3.8, 4) is 0 Å². The lowest BCUT2D eigenvalue weighted by Crippen LogP contribution is -2.25. The number of rotatable bonds is 8. The molecule has 3 aromatic rings. The molecule has 8 heteroatoms. The van der Waals surface area contributed by atoms with Gasteiger partial charge in [0.1, 0.15) is 4.21 Å². The van der Waals surface area contributed by atoms with Crippen LogP contribution in [0.15, 0.2) is 40.6 Å². The van der Waals surface area contributed by atoms with E-state index in [0.717, 1.165) is 53.9 Å². The molecule has 1 aliphatic rings. The Hall–Kier alpha value is -1.80. The SMILES string of the molecule is CCN(CC)CCC1CNc2c(NS(=O)(=O)c3sc4ccc(Cl)cc4c3C)cccc21. The van der Waals surface area contributed by atoms with Crippen LogP contribution < -0.4 is 10.0 Å². The molecule has 0 fully saturated rings. The van der Waals surface area contributed by atoms with Crippen LogP contribution in [0.3, 0.4) is 0 Å². The van der Waals surface area contributed by atoms with Gasteiger partial charge in [-0.25, -0.2) is 8.42 Å². The lowest BCUT2D eigenvalue weighted by molar-refractivity contribution is 0.292. The van der Waals surface area contributed by atoms with Gasteiger partial charge in [0.25, 0.3) is 10.0 Å². The van der Waals surface area contributed by atoms with Crippen LogP contribution >= 0.6 is 22.9 Å². The zero-order valence-corrected chi connectivity index (χ0v) is 20.4. The minimum atomic E-state index is -3.71. The Morgan fingerprint density at radius 3 is 2.74 bits per heavy atom. The van der Waals surface area contributed by atoms with Crippen molar-refractivity contribution < 1.29 is 8.42 Å². The molecule has 5 nitrogen and oxygen atoms in total. The van der Waals surface area contributed by atoms with Crippen LogP contribution in [-0.2, 0) is 10.0 Å². The van der Waals surface area contributed by atoms with Gasteiger partial charge in [0.2, 0.25) is 0 Å². The summed E-state index contributed by atoms with van der Waals surface area (Å²) in [5.74, 6) is 0.383. The van der Waals surface area contributed by atoms with Crippen molar-refractivity contribution in [3.63, 3.8) is 0 Å². The average molecular weight is 478 g/mol. The maximum atomic E-state index is 13.3. The summed E-state index contributed by atoms with van der Waals surface area (Å²) in [6, 6.07) is 11.4. The zero-order valence-electron chi connectivity index (χ0n) is 18.0. The zero-order chi connectivity index (χ0) is 22.2. The van der Waals surface area contributed by atoms with E-state index in [1.165, 1.54) is 16.9 Å². The van der Waals surface area contributed by atoms with Gasteiger partial charge in [0.05, 0.1) is 11.4 Å². The van der Waals surface area contributed by atoms with E-state index in [1.54, 1.807) is 6.07 Å². The molecule has 2 heterocycles. The highest BCUT2D eigenvalue weighted by atomic mass is 35.5. The fourth-order valence-corrected chi connectivity index (χ4v) is 7.27. The lowest BCUT2D eigenvalue weighted by Gasteiger charge is -2.20. The molecule has 0 saturated carbocycles. The molecule has 1 unspecified atom stereocenters. The van der Waals surface area contributed by atoms with E-state index in [1.807, 2.05) is 31.2 Å². The summed E-state index contributed by atoms with van der Waals surface area (Å²) in [6.45, 7) is 10.2. The summed E-state index contributed by atoms with van der Waals surface area (Å²) < 4.78 is 30.6. The number of anilines is 2. The van der Waals surface area contributed by atoms with Crippen molar-refractivity contribution >= 4 is 54.4 Å². The van der Waals surface area contributed by atoms with E-state index in [0.29, 0.717) is 20.8 Å². The summed E-state index contributed by atoms with van der Waals surface area (Å²) in [6.07, 6.45) is 1.05. The van der Waals surface area contributed by atoms with Crippen molar-refractivity contribution in [2.45, 2.75) is 37.3 Å². The van der Waals surface area contributed by atoms with Gasteiger partial charge in [-0.1, -0.05) is 37.6 Å². The molecule has 0 bridgehead atoms. The fourth-order valence-electron chi connectivity index (χ4n) is 4.28. The molecule has 0 spiro atoms. The van der Waals surface area contributed by atoms with E-state index in [9.17, 15) is 8.42 Å². The van der Waals surface area contributed by atoms with Crippen molar-refractivity contribution in [1.82, 2.24) is 4.90 Å². The number of thiophene rings is 1. The molecule has 166 valence electrons. The minimum absolute atomic E-state index is 0.332. The highest BCUT2D eigenvalue weighted by molar-refractivity contribution is 7.95. The Labute approximate surface area is 193 Å². The number of hydrogen-bond donors (Lipinski definition) is 2. The van der Waals surface area contributed by atoms with Crippen LogP contribution in [0.25, 0.3) is 10.1 Å². The van der Waals surface area contributed by atoms with E-state index in [4.69, 9.17) is 11.6 Å². The van der Waals surface area contributed by atoms with Crippen LogP contribution in [0.5, 0.6) is 0 Å². The van der Waals surface area contributed by atoms with Crippen LogP contribution in [0.2, 0.25) is 5.02 Å². The Morgan fingerprint density at radius 2 is 2.00 bits per heavy atom. The first-order valence-electron chi connectivity index (χ1n) is 10.6. The number of sulfonamides is 1. The van der Waals surface area contributed by atoms with E-state index in [-0.39, 0.29) is 0 Å². The molecule has 0 amide bonds. The van der Waals surface area contributed by atoms with Crippen molar-refractivity contribution in [1.29, 1.82) is 0 Å². The molecule has 1 aromatic heterocycles. The molecular weight excluding hydrogens is 450 g/mol. The third kappa shape index (κ3) is 4.42. The predicted octanol–water partition coefficient (Wildman–Crippen LogP) is 5.90. The van der Waals surface area contributed by atoms with E-state index in [2.05, 4.69) is 34.9 Å². The first-order valence-corrected chi connectivity index (χ1v) is 13.3. The maximum Gasteiger partial charge on any atom is 0.271 e. The predicted molar refractivity (Wildman–Crippen MR) is 132 cm³/mol. The van der Waals surface area contributed by atoms with Crippen molar-refractivity contribution in [2.24, 2.45) is 0 Å². The highest BCUT2D eigenvalue weighted by Gasteiger charge is 2.28. The molecule has 2 N–H and O–H groups in total. The summed E-state index contributed by atoms with van der Waals surface area (Å²) in [4.78, 5) is 2.42. The number of aryl methyl sites for hydroxylation is 1. The topological polar surface area (TPSA) is 61.4 Å². The molecule has 0 radical (unpaired) electrons. The Kier molecular flexibility index (Phi) is 6.49. The maximum absolute atomic E-state index is 13.3. The smallest absolute Gasteiger partial charge is 0.271 e. The number of nitrogens with one attached hydrogen (secondary N) is 2. The molecular formula is C23H28ClN3O2S2. The number of fused-ring (bicyclic) bond motifs is 2. The molecule has 1 atom stereocenters. The Morgan fingerprint density at radius 1 is 1.23 bits per heavy atom. The van der Waals surface area contributed by atoms with E-state index < -0.39 is 10.0 Å². The third-order valence-electron chi connectivity index (χ3n) is 6.09. The van der Waals surface area contributed by atoms with Gasteiger partial charge < -0.3 is 10.2 Å². The number of halogens is 1. The third-order valence-corrected chi connectivity index (χ3v) is 9.59. The fraction of sp³-hybridized carbons (Fsp3) is 0.391. The van der Waals surface area contributed by atoms with Gasteiger partial charge in [-0.05, 0) is 73.8 Å². The molecule has 2 aromatic carbocycles. The Balaban J connectivity index is 1.60. The van der Waals surface area contributed by atoms with Crippen molar-refractivity contribution in [2.75, 3.05) is 36.2 Å². The largest absolute Gasteiger partial charge is 0.382 e. The second-order valence-corrected chi connectivity index (χ2v) is 11.3. The number of hydrogen-bond acceptors (Lipinski definition) is 5. The average Bonchev–Trinajstić information content (AvgIpc) is 3.31. The van der Waals surface area contributed by atoms with Crippen LogP contribution in [0.4, 0.5) is 11.4 Å². The monoisotopic (exact) mass is 477 g/mol. The molecule has 4 rings (SSSR count). The van der Waals surface area contributed by atoms with Gasteiger partial charge in [0, 0.05) is 22.2 Å².